The Morgan fingerprint density at radius 3 is 1.78 bits per heavy atom. The van der Waals surface area contributed by atoms with E-state index in [2.05, 4.69) is 0 Å². The maximum Gasteiger partial charge on any atom is 0.178 e. The van der Waals surface area contributed by atoms with Gasteiger partial charge in [0.2, 0.25) is 0 Å². The van der Waals surface area contributed by atoms with Crippen molar-refractivity contribution in [3.63, 3.8) is 0 Å². The number of hydrogen-bond donors (Lipinski definition) is 0. The van der Waals surface area contributed by atoms with E-state index in [1.165, 1.54) is 0 Å². The summed E-state index contributed by atoms with van der Waals surface area (Å²) in [6.07, 6.45) is 6.75. The molecule has 3 nitrogen and oxygen atoms in total. The Bertz CT molecular complexity index is 695. The molecular weight excluding hydrogens is 286 g/mol. The number of allylic oxidation sites excluding steroid dienone is 2. The van der Waals surface area contributed by atoms with Crippen LogP contribution < -0.4 is 9.64 Å². The van der Waals surface area contributed by atoms with Crippen LogP contribution in [0.4, 0.5) is 5.69 Å². The fourth-order valence-corrected chi connectivity index (χ4v) is 2.01. The van der Waals surface area contributed by atoms with Crippen molar-refractivity contribution in [3.05, 3.63) is 71.8 Å². The number of rotatable bonds is 6. The lowest BCUT2D eigenvalue weighted by Crippen LogP contribution is -2.07. The number of carbonyl (C=O) groups is 1. The summed E-state index contributed by atoms with van der Waals surface area (Å²) in [7, 11) is 5.63. The van der Waals surface area contributed by atoms with Gasteiger partial charge in [-0.3, -0.25) is 4.79 Å². The summed E-state index contributed by atoms with van der Waals surface area (Å²) in [6, 6.07) is 15.6. The lowest BCUT2D eigenvalue weighted by atomic mass is 10.1. The van der Waals surface area contributed by atoms with Gasteiger partial charge in [0.15, 0.2) is 5.78 Å². The van der Waals surface area contributed by atoms with Crippen LogP contribution in [0.5, 0.6) is 5.75 Å². The minimum absolute atomic E-state index is 0.0440. The number of ether oxygens (including phenoxy) is 1. The summed E-state index contributed by atoms with van der Waals surface area (Å²) in [5.74, 6) is 0.757. The molecule has 0 atom stereocenters. The van der Waals surface area contributed by atoms with Gasteiger partial charge in [-0.1, -0.05) is 36.4 Å². The zero-order chi connectivity index (χ0) is 16.7. The molecule has 3 heteroatoms. The number of benzene rings is 2. The second-order valence-corrected chi connectivity index (χ2v) is 5.33. The normalized spacial score (nSPS) is 11.1. The lowest BCUT2D eigenvalue weighted by molar-refractivity contribution is -0.110. The molecule has 0 saturated carbocycles. The second-order valence-electron chi connectivity index (χ2n) is 5.33. The molecule has 2 aromatic rings. The zero-order valence-corrected chi connectivity index (χ0v) is 13.7. The van der Waals surface area contributed by atoms with Crippen LogP contribution in [0.3, 0.4) is 0 Å². The van der Waals surface area contributed by atoms with E-state index >= 15 is 0 Å². The van der Waals surface area contributed by atoms with Gasteiger partial charge in [-0.2, -0.15) is 0 Å². The Balaban J connectivity index is 1.96. The topological polar surface area (TPSA) is 29.5 Å². The number of ketones is 1. The quantitative estimate of drug-likeness (QED) is 0.754. The van der Waals surface area contributed by atoms with Gasteiger partial charge < -0.3 is 9.64 Å². The smallest absolute Gasteiger partial charge is 0.178 e. The van der Waals surface area contributed by atoms with Gasteiger partial charge in [0.25, 0.3) is 0 Å². The Kier molecular flexibility index (Phi) is 5.75. The van der Waals surface area contributed by atoms with Crippen LogP contribution in [0.15, 0.2) is 60.7 Å². The van der Waals surface area contributed by atoms with Gasteiger partial charge in [0.05, 0.1) is 7.11 Å². The first-order chi connectivity index (χ1) is 11.1. The van der Waals surface area contributed by atoms with Crippen LogP contribution in [-0.2, 0) is 4.79 Å². The maximum absolute atomic E-state index is 11.9. The number of carbonyl (C=O) groups excluding carboxylic acids is 1. The molecule has 23 heavy (non-hydrogen) atoms. The fraction of sp³-hybridized carbons (Fsp3) is 0.150. The summed E-state index contributed by atoms with van der Waals surface area (Å²) in [5, 5.41) is 0. The maximum atomic E-state index is 11.9. The Morgan fingerprint density at radius 1 is 0.870 bits per heavy atom. The predicted octanol–water partition coefficient (Wildman–Crippen LogP) is 4.06. The van der Waals surface area contributed by atoms with E-state index in [0.717, 1.165) is 22.6 Å². The summed E-state index contributed by atoms with van der Waals surface area (Å²) in [5.41, 5.74) is 3.09. The highest BCUT2D eigenvalue weighted by molar-refractivity contribution is 6.04. The van der Waals surface area contributed by atoms with Crippen LogP contribution in [-0.4, -0.2) is 27.0 Å². The van der Waals surface area contributed by atoms with Crippen molar-refractivity contribution in [2.24, 2.45) is 0 Å². The molecule has 0 N–H and O–H groups in total. The third-order valence-corrected chi connectivity index (χ3v) is 3.41. The van der Waals surface area contributed by atoms with Crippen LogP contribution in [0.1, 0.15) is 11.1 Å². The zero-order valence-electron chi connectivity index (χ0n) is 13.7. The minimum atomic E-state index is -0.0440. The molecule has 0 fully saturated rings. The largest absolute Gasteiger partial charge is 0.497 e. The highest BCUT2D eigenvalue weighted by Gasteiger charge is 1.95. The molecule has 0 amide bonds. The van der Waals surface area contributed by atoms with E-state index in [0.29, 0.717) is 0 Å². The number of methoxy groups -OCH3 is 1. The molecule has 0 aliphatic heterocycles. The van der Waals surface area contributed by atoms with Gasteiger partial charge in [0, 0.05) is 19.8 Å². The van der Waals surface area contributed by atoms with Crippen molar-refractivity contribution in [2.45, 2.75) is 0 Å². The molecule has 0 aliphatic rings. The Hall–Kier alpha value is -2.81. The fourth-order valence-electron chi connectivity index (χ4n) is 2.01. The monoisotopic (exact) mass is 307 g/mol. The highest BCUT2D eigenvalue weighted by Crippen LogP contribution is 2.14. The van der Waals surface area contributed by atoms with E-state index < -0.39 is 0 Å². The average Bonchev–Trinajstić information content (AvgIpc) is 2.59. The summed E-state index contributed by atoms with van der Waals surface area (Å²) in [6.45, 7) is 0. The average molecular weight is 307 g/mol. The third kappa shape index (κ3) is 5.15. The number of nitrogens with zero attached hydrogens (tertiary/aromatic N) is 1. The SMILES string of the molecule is COc1ccc(/C=C/C(=O)/C=C/c2ccc(N(C)C)cc2)cc1. The molecule has 0 saturated heterocycles. The van der Waals surface area contributed by atoms with Gasteiger partial charge >= 0.3 is 0 Å². The van der Waals surface area contributed by atoms with Crippen LogP contribution in [0.2, 0.25) is 0 Å². The molecule has 2 rings (SSSR count). The van der Waals surface area contributed by atoms with Crippen LogP contribution >= 0.6 is 0 Å². The van der Waals surface area contributed by atoms with Gasteiger partial charge in [-0.15, -0.1) is 0 Å². The standard InChI is InChI=1S/C20H21NO2/c1-21(2)18-10-4-16(5-11-18)6-12-19(22)13-7-17-8-14-20(23-3)15-9-17/h4-15H,1-3H3/b12-6+,13-7+. The lowest BCUT2D eigenvalue weighted by Gasteiger charge is -2.11. The number of hydrogen-bond acceptors (Lipinski definition) is 3. The molecule has 0 aliphatic carbocycles. The molecule has 0 radical (unpaired) electrons. The van der Waals surface area contributed by atoms with Crippen LogP contribution in [0, 0.1) is 0 Å². The van der Waals surface area contributed by atoms with Crippen molar-refractivity contribution in [1.29, 1.82) is 0 Å². The van der Waals surface area contributed by atoms with E-state index in [-0.39, 0.29) is 5.78 Å². The second kappa shape index (κ2) is 7.99. The molecule has 0 bridgehead atoms. The Morgan fingerprint density at radius 2 is 1.35 bits per heavy atom. The first-order valence-corrected chi connectivity index (χ1v) is 7.40. The van der Waals surface area contributed by atoms with Gasteiger partial charge in [-0.05, 0) is 47.5 Å². The van der Waals surface area contributed by atoms with Crippen LogP contribution in [0.25, 0.3) is 12.2 Å². The molecule has 0 spiro atoms. The number of anilines is 1. The predicted molar refractivity (Wildman–Crippen MR) is 96.8 cm³/mol. The minimum Gasteiger partial charge on any atom is -0.497 e. The van der Waals surface area contributed by atoms with E-state index in [1.54, 1.807) is 25.3 Å². The molecular formula is C20H21NO2. The summed E-state index contributed by atoms with van der Waals surface area (Å²) in [4.78, 5) is 13.9. The van der Waals surface area contributed by atoms with Gasteiger partial charge in [-0.25, -0.2) is 0 Å². The van der Waals surface area contributed by atoms with E-state index in [9.17, 15) is 4.79 Å². The van der Waals surface area contributed by atoms with Crippen molar-refractivity contribution < 1.29 is 9.53 Å². The highest BCUT2D eigenvalue weighted by atomic mass is 16.5. The van der Waals surface area contributed by atoms with Crippen molar-refractivity contribution in [2.75, 3.05) is 26.1 Å². The summed E-state index contributed by atoms with van der Waals surface area (Å²) >= 11 is 0. The van der Waals surface area contributed by atoms with Gasteiger partial charge in [0.1, 0.15) is 5.75 Å². The molecule has 0 heterocycles. The molecule has 0 aromatic heterocycles. The van der Waals surface area contributed by atoms with Crippen molar-refractivity contribution in [1.82, 2.24) is 0 Å². The molecule has 0 unspecified atom stereocenters. The first-order valence-electron chi connectivity index (χ1n) is 7.40. The molecule has 2 aromatic carbocycles. The molecule has 118 valence electrons. The van der Waals surface area contributed by atoms with E-state index in [1.807, 2.05) is 73.6 Å². The van der Waals surface area contributed by atoms with E-state index in [4.69, 9.17) is 4.74 Å². The third-order valence-electron chi connectivity index (χ3n) is 3.41. The first kappa shape index (κ1) is 16.6. The Labute approximate surface area is 137 Å². The van der Waals surface area contributed by atoms with Crippen molar-refractivity contribution in [3.8, 4) is 5.75 Å². The summed E-state index contributed by atoms with van der Waals surface area (Å²) < 4.78 is 5.10. The van der Waals surface area contributed by atoms with Crippen molar-refractivity contribution >= 4 is 23.6 Å².